The first kappa shape index (κ1) is 17.7. The zero-order valence-corrected chi connectivity index (χ0v) is 17.0. The molecular formula is C25H26N2. The van der Waals surface area contributed by atoms with E-state index in [2.05, 4.69) is 94.0 Å². The topological polar surface area (TPSA) is 25.8 Å². The molecule has 0 aliphatic rings. The average molecular weight is 354 g/mol. The molecule has 0 fully saturated rings. The van der Waals surface area contributed by atoms with E-state index in [4.69, 9.17) is 0 Å². The Balaban J connectivity index is 2.05. The van der Waals surface area contributed by atoms with Gasteiger partial charge in [-0.25, -0.2) is 9.97 Å². The van der Waals surface area contributed by atoms with Crippen LogP contribution in [0.5, 0.6) is 0 Å². The lowest BCUT2D eigenvalue weighted by molar-refractivity contribution is 0.590. The van der Waals surface area contributed by atoms with Gasteiger partial charge in [-0.05, 0) is 60.9 Å². The molecule has 0 saturated heterocycles. The van der Waals surface area contributed by atoms with Crippen molar-refractivity contribution in [3.63, 3.8) is 0 Å². The van der Waals surface area contributed by atoms with Crippen molar-refractivity contribution in [1.29, 1.82) is 0 Å². The number of hydrogen-bond acceptors (Lipinski definition) is 2. The van der Waals surface area contributed by atoms with Gasteiger partial charge in [-0.2, -0.15) is 0 Å². The summed E-state index contributed by atoms with van der Waals surface area (Å²) in [5.41, 5.74) is 8.45. The van der Waals surface area contributed by atoms with E-state index in [1.165, 1.54) is 33.0 Å². The summed E-state index contributed by atoms with van der Waals surface area (Å²) in [7, 11) is 0. The minimum atomic E-state index is 0.102. The summed E-state index contributed by atoms with van der Waals surface area (Å²) in [6.45, 7) is 13.2. The van der Waals surface area contributed by atoms with Crippen molar-refractivity contribution in [1.82, 2.24) is 9.97 Å². The van der Waals surface area contributed by atoms with E-state index in [0.29, 0.717) is 0 Å². The summed E-state index contributed by atoms with van der Waals surface area (Å²) in [4.78, 5) is 9.35. The Morgan fingerprint density at radius 1 is 0.778 bits per heavy atom. The van der Waals surface area contributed by atoms with Crippen LogP contribution in [-0.4, -0.2) is 9.97 Å². The van der Waals surface area contributed by atoms with Crippen molar-refractivity contribution in [2.24, 2.45) is 0 Å². The molecule has 0 aliphatic carbocycles. The minimum Gasteiger partial charge on any atom is -0.236 e. The third-order valence-electron chi connectivity index (χ3n) is 5.28. The van der Waals surface area contributed by atoms with Crippen LogP contribution < -0.4 is 0 Å². The lowest BCUT2D eigenvalue weighted by Crippen LogP contribution is -2.11. The summed E-state index contributed by atoms with van der Waals surface area (Å²) >= 11 is 0. The van der Waals surface area contributed by atoms with Gasteiger partial charge in [-0.15, -0.1) is 0 Å². The predicted molar refractivity (Wildman–Crippen MR) is 115 cm³/mol. The van der Waals surface area contributed by atoms with Crippen LogP contribution in [0, 0.1) is 20.8 Å². The molecule has 3 aromatic carbocycles. The molecule has 0 atom stereocenters. The molecular weight excluding hydrogens is 328 g/mol. The van der Waals surface area contributed by atoms with E-state index in [9.17, 15) is 0 Å². The standard InChI is InChI=1S/C25H26N2/c1-15-9-17(3)22-18(10-15)7-8-21-23(26-14-27-24(21)22)19-11-16(2)12-20(13-19)25(4,5)6/h7-14H,1-6H3. The van der Waals surface area contributed by atoms with Gasteiger partial charge in [0.1, 0.15) is 6.33 Å². The molecule has 0 N–H and O–H groups in total. The number of fused-ring (bicyclic) bond motifs is 3. The van der Waals surface area contributed by atoms with Crippen molar-refractivity contribution in [3.05, 3.63) is 71.0 Å². The number of aryl methyl sites for hydroxylation is 3. The summed E-state index contributed by atoms with van der Waals surface area (Å²) < 4.78 is 0. The van der Waals surface area contributed by atoms with E-state index in [1.807, 2.05) is 0 Å². The second-order valence-electron chi connectivity index (χ2n) is 8.70. The van der Waals surface area contributed by atoms with E-state index >= 15 is 0 Å². The number of aromatic nitrogens is 2. The number of nitrogens with zero attached hydrogens (tertiary/aromatic N) is 2. The lowest BCUT2D eigenvalue weighted by Gasteiger charge is -2.21. The van der Waals surface area contributed by atoms with Crippen LogP contribution in [0.1, 0.15) is 43.0 Å². The highest BCUT2D eigenvalue weighted by atomic mass is 14.8. The van der Waals surface area contributed by atoms with Gasteiger partial charge in [0.25, 0.3) is 0 Å². The minimum absolute atomic E-state index is 0.102. The Labute approximate surface area is 161 Å². The maximum absolute atomic E-state index is 4.68. The maximum atomic E-state index is 4.68. The molecule has 0 amide bonds. The zero-order valence-electron chi connectivity index (χ0n) is 17.0. The van der Waals surface area contributed by atoms with Gasteiger partial charge < -0.3 is 0 Å². The molecule has 0 spiro atoms. The third-order valence-corrected chi connectivity index (χ3v) is 5.28. The van der Waals surface area contributed by atoms with Crippen LogP contribution in [0.15, 0.2) is 48.8 Å². The van der Waals surface area contributed by atoms with Gasteiger partial charge >= 0.3 is 0 Å². The highest BCUT2D eigenvalue weighted by Crippen LogP contribution is 2.34. The Morgan fingerprint density at radius 2 is 1.52 bits per heavy atom. The smallest absolute Gasteiger partial charge is 0.116 e. The highest BCUT2D eigenvalue weighted by Gasteiger charge is 2.17. The third kappa shape index (κ3) is 3.10. The van der Waals surface area contributed by atoms with E-state index in [-0.39, 0.29) is 5.41 Å². The fraction of sp³-hybridized carbons (Fsp3) is 0.280. The lowest BCUT2D eigenvalue weighted by atomic mass is 9.84. The van der Waals surface area contributed by atoms with Crippen LogP contribution in [-0.2, 0) is 5.41 Å². The first-order valence-corrected chi connectivity index (χ1v) is 9.51. The molecule has 0 radical (unpaired) electrons. The first-order valence-electron chi connectivity index (χ1n) is 9.51. The normalized spacial score (nSPS) is 12.1. The summed E-state index contributed by atoms with van der Waals surface area (Å²) in [6, 6.07) is 15.6. The molecule has 27 heavy (non-hydrogen) atoms. The fourth-order valence-electron chi connectivity index (χ4n) is 3.96. The van der Waals surface area contributed by atoms with Crippen LogP contribution >= 0.6 is 0 Å². The largest absolute Gasteiger partial charge is 0.236 e. The second kappa shape index (κ2) is 6.16. The molecule has 2 nitrogen and oxygen atoms in total. The van der Waals surface area contributed by atoms with Crippen molar-refractivity contribution in [3.8, 4) is 11.3 Å². The predicted octanol–water partition coefficient (Wildman–Crippen LogP) is 6.67. The van der Waals surface area contributed by atoms with Crippen LogP contribution in [0.4, 0.5) is 0 Å². The van der Waals surface area contributed by atoms with E-state index < -0.39 is 0 Å². The van der Waals surface area contributed by atoms with Crippen molar-refractivity contribution >= 4 is 21.7 Å². The first-order chi connectivity index (χ1) is 12.7. The van der Waals surface area contributed by atoms with E-state index in [1.54, 1.807) is 6.33 Å². The molecule has 0 bridgehead atoms. The van der Waals surface area contributed by atoms with Gasteiger partial charge in [-0.1, -0.05) is 56.2 Å². The summed E-state index contributed by atoms with van der Waals surface area (Å²) in [6.07, 6.45) is 1.70. The van der Waals surface area contributed by atoms with E-state index in [0.717, 1.165) is 22.2 Å². The molecule has 4 rings (SSSR count). The van der Waals surface area contributed by atoms with Crippen molar-refractivity contribution < 1.29 is 0 Å². The van der Waals surface area contributed by atoms with Gasteiger partial charge in [0.05, 0.1) is 11.2 Å². The van der Waals surface area contributed by atoms with Crippen LogP contribution in [0.3, 0.4) is 0 Å². The molecule has 0 aliphatic heterocycles. The van der Waals surface area contributed by atoms with Crippen molar-refractivity contribution in [2.75, 3.05) is 0 Å². The average Bonchev–Trinajstić information content (AvgIpc) is 2.59. The zero-order chi connectivity index (χ0) is 19.3. The molecule has 1 heterocycles. The highest BCUT2D eigenvalue weighted by molar-refractivity contribution is 6.10. The summed E-state index contributed by atoms with van der Waals surface area (Å²) in [5.74, 6) is 0. The number of rotatable bonds is 1. The Bertz CT molecular complexity index is 1180. The summed E-state index contributed by atoms with van der Waals surface area (Å²) in [5, 5.41) is 3.58. The fourth-order valence-corrected chi connectivity index (χ4v) is 3.96. The molecule has 1 aromatic heterocycles. The molecule has 136 valence electrons. The Kier molecular flexibility index (Phi) is 4.03. The van der Waals surface area contributed by atoms with Gasteiger partial charge in [0.2, 0.25) is 0 Å². The van der Waals surface area contributed by atoms with Gasteiger partial charge in [0.15, 0.2) is 0 Å². The SMILES string of the molecule is Cc1cc(-c2ncnc3c2ccc2cc(C)cc(C)c23)cc(C(C)(C)C)c1. The molecule has 4 aromatic rings. The number of hydrogen-bond donors (Lipinski definition) is 0. The van der Waals surface area contributed by atoms with Crippen LogP contribution in [0.25, 0.3) is 32.9 Å². The number of benzene rings is 3. The molecule has 0 saturated carbocycles. The van der Waals surface area contributed by atoms with Gasteiger partial charge in [0, 0.05) is 16.3 Å². The molecule has 0 unspecified atom stereocenters. The molecule has 2 heteroatoms. The Hall–Kier alpha value is -2.74. The van der Waals surface area contributed by atoms with Crippen molar-refractivity contribution in [2.45, 2.75) is 47.0 Å². The maximum Gasteiger partial charge on any atom is 0.116 e. The monoisotopic (exact) mass is 354 g/mol. The second-order valence-corrected chi connectivity index (χ2v) is 8.70. The Morgan fingerprint density at radius 3 is 2.26 bits per heavy atom. The quantitative estimate of drug-likeness (QED) is 0.357. The van der Waals surface area contributed by atoms with Gasteiger partial charge in [-0.3, -0.25) is 0 Å². The van der Waals surface area contributed by atoms with Crippen LogP contribution in [0.2, 0.25) is 0 Å².